The third-order valence-corrected chi connectivity index (χ3v) is 3.69. The summed E-state index contributed by atoms with van der Waals surface area (Å²) < 4.78 is 0. The molecule has 0 unspecified atom stereocenters. The quantitative estimate of drug-likeness (QED) is 0.636. The highest BCUT2D eigenvalue weighted by Gasteiger charge is 2.57. The second-order valence-electron chi connectivity index (χ2n) is 4.07. The third kappa shape index (κ3) is 2.29. The number of amides is 1. The number of carboxylic acid groups (broad SMARTS) is 1. The van der Waals surface area contributed by atoms with Gasteiger partial charge in [0.25, 0.3) is 0 Å². The Labute approximate surface area is 103 Å². The van der Waals surface area contributed by atoms with Crippen molar-refractivity contribution in [2.75, 3.05) is 11.6 Å². The van der Waals surface area contributed by atoms with Crippen molar-refractivity contribution in [3.63, 3.8) is 0 Å². The van der Waals surface area contributed by atoms with E-state index in [2.05, 4.69) is 5.32 Å². The van der Waals surface area contributed by atoms with E-state index < -0.39 is 17.3 Å². The summed E-state index contributed by atoms with van der Waals surface area (Å²) >= 11 is 1.61. The Morgan fingerprint density at radius 2 is 1.88 bits per heavy atom. The van der Waals surface area contributed by atoms with E-state index in [-0.39, 0.29) is 0 Å². The van der Waals surface area contributed by atoms with Gasteiger partial charge in [-0.15, -0.1) is 11.8 Å². The smallest absolute Gasteiger partial charge is 0.319 e. The molecular formula is C12H13NO3S. The summed E-state index contributed by atoms with van der Waals surface area (Å²) in [6.45, 7) is 0. The van der Waals surface area contributed by atoms with Crippen LogP contribution in [0.4, 0.5) is 5.69 Å². The number of anilines is 1. The minimum atomic E-state index is -1.18. The van der Waals surface area contributed by atoms with Crippen LogP contribution in [0.3, 0.4) is 0 Å². The van der Waals surface area contributed by atoms with Crippen LogP contribution in [0.25, 0.3) is 0 Å². The van der Waals surface area contributed by atoms with Crippen molar-refractivity contribution in [3.8, 4) is 0 Å². The zero-order valence-electron chi connectivity index (χ0n) is 9.40. The van der Waals surface area contributed by atoms with Crippen molar-refractivity contribution in [2.24, 2.45) is 5.41 Å². The van der Waals surface area contributed by atoms with Crippen LogP contribution in [0.15, 0.2) is 29.2 Å². The molecule has 1 saturated carbocycles. The van der Waals surface area contributed by atoms with Crippen LogP contribution in [0.2, 0.25) is 0 Å². The number of benzene rings is 1. The van der Waals surface area contributed by atoms with E-state index in [0.29, 0.717) is 18.5 Å². The third-order valence-electron chi connectivity index (χ3n) is 2.94. The Kier molecular flexibility index (Phi) is 3.11. The topological polar surface area (TPSA) is 66.4 Å². The molecule has 0 bridgehead atoms. The predicted octanol–water partition coefficient (Wildman–Crippen LogP) is 2.21. The molecule has 90 valence electrons. The highest BCUT2D eigenvalue weighted by Crippen LogP contribution is 2.46. The average Bonchev–Trinajstić information content (AvgIpc) is 3.11. The lowest BCUT2D eigenvalue weighted by Crippen LogP contribution is -2.31. The van der Waals surface area contributed by atoms with Crippen molar-refractivity contribution < 1.29 is 14.7 Å². The molecule has 0 saturated heterocycles. The van der Waals surface area contributed by atoms with E-state index in [9.17, 15) is 9.59 Å². The molecule has 1 aliphatic carbocycles. The second-order valence-corrected chi connectivity index (χ2v) is 4.95. The SMILES string of the molecule is CSc1ccc(NC(=O)C2(C(=O)O)CC2)cc1. The molecule has 0 aromatic heterocycles. The van der Waals surface area contributed by atoms with Crippen molar-refractivity contribution in [3.05, 3.63) is 24.3 Å². The van der Waals surface area contributed by atoms with Crippen LogP contribution in [0, 0.1) is 5.41 Å². The van der Waals surface area contributed by atoms with E-state index in [1.807, 2.05) is 18.4 Å². The number of hydrogen-bond donors (Lipinski definition) is 2. The summed E-state index contributed by atoms with van der Waals surface area (Å²) in [5.74, 6) is -1.45. The van der Waals surface area contributed by atoms with Crippen molar-refractivity contribution in [1.82, 2.24) is 0 Å². The fourth-order valence-corrected chi connectivity index (χ4v) is 2.00. The predicted molar refractivity (Wildman–Crippen MR) is 66.2 cm³/mol. The fraction of sp³-hybridized carbons (Fsp3) is 0.333. The van der Waals surface area contributed by atoms with E-state index >= 15 is 0 Å². The number of carbonyl (C=O) groups excluding carboxylic acids is 1. The Bertz CT molecular complexity index is 451. The van der Waals surface area contributed by atoms with Gasteiger partial charge in [-0.3, -0.25) is 9.59 Å². The zero-order chi connectivity index (χ0) is 12.5. The molecule has 1 aromatic rings. The molecule has 1 amide bonds. The molecule has 1 aliphatic rings. The Morgan fingerprint density at radius 1 is 1.29 bits per heavy atom. The standard InChI is InChI=1S/C12H13NO3S/c1-17-9-4-2-8(3-5-9)13-10(14)12(6-7-12)11(15)16/h2-5H,6-7H2,1H3,(H,13,14)(H,15,16). The first-order valence-corrected chi connectivity index (χ1v) is 6.50. The van der Waals surface area contributed by atoms with Gasteiger partial charge in [-0.2, -0.15) is 0 Å². The number of carboxylic acids is 1. The average molecular weight is 251 g/mol. The van der Waals surface area contributed by atoms with Crippen LogP contribution < -0.4 is 5.32 Å². The highest BCUT2D eigenvalue weighted by molar-refractivity contribution is 7.98. The summed E-state index contributed by atoms with van der Waals surface area (Å²) in [5, 5.41) is 11.6. The molecule has 4 nitrogen and oxygen atoms in total. The van der Waals surface area contributed by atoms with Gasteiger partial charge in [-0.05, 0) is 43.4 Å². The van der Waals surface area contributed by atoms with Crippen molar-refractivity contribution in [2.45, 2.75) is 17.7 Å². The maximum atomic E-state index is 11.8. The minimum absolute atomic E-state index is 0.415. The molecule has 5 heteroatoms. The van der Waals surface area contributed by atoms with Gasteiger partial charge in [0.2, 0.25) is 5.91 Å². The van der Waals surface area contributed by atoms with Crippen molar-refractivity contribution in [1.29, 1.82) is 0 Å². The van der Waals surface area contributed by atoms with Gasteiger partial charge in [0.15, 0.2) is 0 Å². The molecule has 2 N–H and O–H groups in total. The van der Waals surface area contributed by atoms with Gasteiger partial charge in [0.1, 0.15) is 5.41 Å². The summed E-state index contributed by atoms with van der Waals surface area (Å²) in [5.41, 5.74) is -0.543. The minimum Gasteiger partial charge on any atom is -0.480 e. The normalized spacial score (nSPS) is 16.3. The molecule has 0 atom stereocenters. The second kappa shape index (κ2) is 4.41. The molecule has 1 aromatic carbocycles. The number of aliphatic carboxylic acids is 1. The van der Waals surface area contributed by atoms with Gasteiger partial charge >= 0.3 is 5.97 Å². The number of rotatable bonds is 4. The molecule has 17 heavy (non-hydrogen) atoms. The number of thioether (sulfide) groups is 1. The number of carbonyl (C=O) groups is 2. The Hall–Kier alpha value is -1.49. The Balaban J connectivity index is 2.06. The van der Waals surface area contributed by atoms with Crippen LogP contribution >= 0.6 is 11.8 Å². The van der Waals surface area contributed by atoms with Gasteiger partial charge in [0.05, 0.1) is 0 Å². The maximum Gasteiger partial charge on any atom is 0.319 e. The first kappa shape index (κ1) is 12.0. The van der Waals surface area contributed by atoms with E-state index in [4.69, 9.17) is 5.11 Å². The summed E-state index contributed by atoms with van der Waals surface area (Å²) in [6.07, 6.45) is 2.82. The highest BCUT2D eigenvalue weighted by atomic mass is 32.2. The van der Waals surface area contributed by atoms with E-state index in [1.165, 1.54) is 0 Å². The zero-order valence-corrected chi connectivity index (χ0v) is 10.2. The van der Waals surface area contributed by atoms with Crippen LogP contribution in [0.1, 0.15) is 12.8 Å². The Morgan fingerprint density at radius 3 is 2.29 bits per heavy atom. The lowest BCUT2D eigenvalue weighted by atomic mass is 10.1. The molecular weight excluding hydrogens is 238 g/mol. The molecule has 0 spiro atoms. The lowest BCUT2D eigenvalue weighted by molar-refractivity contribution is -0.147. The van der Waals surface area contributed by atoms with Gasteiger partial charge < -0.3 is 10.4 Å². The fourth-order valence-electron chi connectivity index (χ4n) is 1.59. The van der Waals surface area contributed by atoms with E-state index in [1.54, 1.807) is 23.9 Å². The van der Waals surface area contributed by atoms with Gasteiger partial charge in [0, 0.05) is 10.6 Å². The van der Waals surface area contributed by atoms with Crippen LogP contribution in [-0.2, 0) is 9.59 Å². The van der Waals surface area contributed by atoms with Crippen LogP contribution in [0.5, 0.6) is 0 Å². The monoisotopic (exact) mass is 251 g/mol. The van der Waals surface area contributed by atoms with Crippen LogP contribution in [-0.4, -0.2) is 23.2 Å². The van der Waals surface area contributed by atoms with E-state index in [0.717, 1.165) is 4.90 Å². The summed E-state index contributed by atoms with van der Waals surface area (Å²) in [6, 6.07) is 7.34. The summed E-state index contributed by atoms with van der Waals surface area (Å²) in [7, 11) is 0. The lowest BCUT2D eigenvalue weighted by Gasteiger charge is -2.10. The molecule has 2 rings (SSSR count). The molecule has 1 fully saturated rings. The van der Waals surface area contributed by atoms with Gasteiger partial charge in [-0.1, -0.05) is 0 Å². The maximum absolute atomic E-state index is 11.8. The largest absolute Gasteiger partial charge is 0.480 e. The van der Waals surface area contributed by atoms with Crippen molar-refractivity contribution >= 4 is 29.3 Å². The number of hydrogen-bond acceptors (Lipinski definition) is 3. The first-order valence-electron chi connectivity index (χ1n) is 5.27. The van der Waals surface area contributed by atoms with Gasteiger partial charge in [-0.25, -0.2) is 0 Å². The molecule has 0 aliphatic heterocycles. The first-order chi connectivity index (χ1) is 8.08. The number of nitrogens with one attached hydrogen (secondary N) is 1. The molecule has 0 heterocycles. The summed E-state index contributed by atoms with van der Waals surface area (Å²) in [4.78, 5) is 23.8. The molecule has 0 radical (unpaired) electrons.